The Bertz CT molecular complexity index is 403. The van der Waals surface area contributed by atoms with Crippen LogP contribution < -0.4 is 10.6 Å². The molecule has 0 radical (unpaired) electrons. The van der Waals surface area contributed by atoms with Gasteiger partial charge in [0, 0.05) is 18.3 Å². The van der Waals surface area contributed by atoms with E-state index >= 15 is 0 Å². The molecule has 2 N–H and O–H groups in total. The minimum absolute atomic E-state index is 0.154. The molecule has 1 atom stereocenters. The van der Waals surface area contributed by atoms with Gasteiger partial charge in [0.15, 0.2) is 0 Å². The summed E-state index contributed by atoms with van der Waals surface area (Å²) in [4.78, 5) is 11.7. The Balaban J connectivity index is 1.66. The van der Waals surface area contributed by atoms with Crippen molar-refractivity contribution >= 4 is 17.7 Å². The van der Waals surface area contributed by atoms with Crippen LogP contribution in [-0.2, 0) is 10.5 Å². The van der Waals surface area contributed by atoms with Gasteiger partial charge in [-0.25, -0.2) is 0 Å². The summed E-state index contributed by atoms with van der Waals surface area (Å²) in [6.07, 6.45) is 1.05. The van der Waals surface area contributed by atoms with Gasteiger partial charge in [0.25, 0.3) is 0 Å². The van der Waals surface area contributed by atoms with Crippen molar-refractivity contribution in [3.63, 3.8) is 0 Å². The van der Waals surface area contributed by atoms with Gasteiger partial charge in [0.05, 0.1) is 5.75 Å². The molecule has 1 saturated heterocycles. The Hall–Kier alpha value is -1.00. The number of thioether (sulfide) groups is 1. The van der Waals surface area contributed by atoms with Gasteiger partial charge in [0.2, 0.25) is 5.91 Å². The molecule has 0 aromatic heterocycles. The topological polar surface area (TPSA) is 41.1 Å². The van der Waals surface area contributed by atoms with Crippen molar-refractivity contribution < 1.29 is 4.79 Å². The fraction of sp³-hybridized carbons (Fsp3) is 0.500. The predicted molar refractivity (Wildman–Crippen MR) is 76.8 cm³/mol. The minimum Gasteiger partial charge on any atom is -0.351 e. The zero-order valence-corrected chi connectivity index (χ0v) is 11.6. The summed E-state index contributed by atoms with van der Waals surface area (Å²) in [5.41, 5.74) is 2.56. The molecule has 3 nitrogen and oxygen atoms in total. The highest BCUT2D eigenvalue weighted by Crippen LogP contribution is 2.13. The highest BCUT2D eigenvalue weighted by molar-refractivity contribution is 7.99. The normalized spacial score (nSPS) is 18.8. The molecule has 0 saturated carbocycles. The molecule has 0 aliphatic carbocycles. The molecule has 1 aromatic carbocycles. The fourth-order valence-electron chi connectivity index (χ4n) is 2.11. The predicted octanol–water partition coefficient (Wildman–Crippen LogP) is 1.71. The van der Waals surface area contributed by atoms with Gasteiger partial charge in [-0.15, -0.1) is 11.8 Å². The SMILES string of the molecule is Cc1cccc(CSCC(=O)NC2CCNC2)c1. The third-order valence-corrected chi connectivity index (χ3v) is 4.01. The lowest BCUT2D eigenvalue weighted by molar-refractivity contribution is -0.119. The van der Waals surface area contributed by atoms with Crippen molar-refractivity contribution in [2.45, 2.75) is 25.1 Å². The zero-order chi connectivity index (χ0) is 12.8. The standard InChI is InChI=1S/C14H20N2OS/c1-11-3-2-4-12(7-11)9-18-10-14(17)16-13-5-6-15-8-13/h2-4,7,13,15H,5-6,8-10H2,1H3,(H,16,17). The third kappa shape index (κ3) is 4.35. The molecule has 1 aliphatic heterocycles. The van der Waals surface area contributed by atoms with Crippen molar-refractivity contribution in [1.29, 1.82) is 0 Å². The van der Waals surface area contributed by atoms with Crippen LogP contribution in [0.2, 0.25) is 0 Å². The number of hydrogen-bond donors (Lipinski definition) is 2. The van der Waals surface area contributed by atoms with Crippen LogP contribution in [-0.4, -0.2) is 30.8 Å². The number of benzene rings is 1. The first kappa shape index (κ1) is 13.4. The van der Waals surface area contributed by atoms with E-state index in [1.165, 1.54) is 11.1 Å². The van der Waals surface area contributed by atoms with Crippen LogP contribution in [0.5, 0.6) is 0 Å². The molecule has 1 amide bonds. The maximum Gasteiger partial charge on any atom is 0.230 e. The summed E-state index contributed by atoms with van der Waals surface area (Å²) >= 11 is 1.67. The quantitative estimate of drug-likeness (QED) is 0.850. The summed E-state index contributed by atoms with van der Waals surface area (Å²) in [5, 5.41) is 6.30. The molecule has 0 bridgehead atoms. The lowest BCUT2D eigenvalue weighted by Gasteiger charge is -2.10. The molecule has 98 valence electrons. The second-order valence-corrected chi connectivity index (χ2v) is 5.72. The Morgan fingerprint density at radius 2 is 2.44 bits per heavy atom. The maximum atomic E-state index is 11.7. The Kier molecular flexibility index (Phi) is 5.08. The largest absolute Gasteiger partial charge is 0.351 e. The van der Waals surface area contributed by atoms with E-state index in [1.807, 2.05) is 0 Å². The molecule has 1 heterocycles. The van der Waals surface area contributed by atoms with E-state index in [-0.39, 0.29) is 5.91 Å². The Morgan fingerprint density at radius 1 is 1.56 bits per heavy atom. The summed E-state index contributed by atoms with van der Waals surface area (Å²) in [6.45, 7) is 4.02. The molecule has 1 aromatic rings. The van der Waals surface area contributed by atoms with Gasteiger partial charge in [0.1, 0.15) is 0 Å². The molecular formula is C14H20N2OS. The molecule has 2 rings (SSSR count). The number of aryl methyl sites for hydroxylation is 1. The molecule has 1 aliphatic rings. The smallest absolute Gasteiger partial charge is 0.230 e. The zero-order valence-electron chi connectivity index (χ0n) is 10.7. The fourth-order valence-corrected chi connectivity index (χ4v) is 2.90. The second-order valence-electron chi connectivity index (χ2n) is 4.74. The number of nitrogens with one attached hydrogen (secondary N) is 2. The van der Waals surface area contributed by atoms with E-state index in [2.05, 4.69) is 41.8 Å². The van der Waals surface area contributed by atoms with Crippen LogP contribution in [0.25, 0.3) is 0 Å². The molecule has 1 fully saturated rings. The number of rotatable bonds is 5. The van der Waals surface area contributed by atoms with Crippen LogP contribution in [0.3, 0.4) is 0 Å². The molecular weight excluding hydrogens is 244 g/mol. The van der Waals surface area contributed by atoms with E-state index in [0.717, 1.165) is 25.3 Å². The van der Waals surface area contributed by atoms with E-state index in [9.17, 15) is 4.79 Å². The van der Waals surface area contributed by atoms with Crippen LogP contribution in [0, 0.1) is 6.92 Å². The number of carbonyl (C=O) groups is 1. The molecule has 18 heavy (non-hydrogen) atoms. The van der Waals surface area contributed by atoms with Crippen molar-refractivity contribution in [2.24, 2.45) is 0 Å². The first-order valence-corrected chi connectivity index (χ1v) is 7.53. The van der Waals surface area contributed by atoms with E-state index in [1.54, 1.807) is 11.8 Å². The van der Waals surface area contributed by atoms with E-state index in [0.29, 0.717) is 11.8 Å². The minimum atomic E-state index is 0.154. The van der Waals surface area contributed by atoms with Gasteiger partial charge in [-0.3, -0.25) is 4.79 Å². The van der Waals surface area contributed by atoms with Gasteiger partial charge in [-0.2, -0.15) is 0 Å². The summed E-state index contributed by atoms with van der Waals surface area (Å²) in [7, 11) is 0. The van der Waals surface area contributed by atoms with Gasteiger partial charge in [-0.1, -0.05) is 29.8 Å². The average molecular weight is 264 g/mol. The monoisotopic (exact) mass is 264 g/mol. The molecule has 4 heteroatoms. The van der Waals surface area contributed by atoms with Crippen LogP contribution in [0.15, 0.2) is 24.3 Å². The van der Waals surface area contributed by atoms with Gasteiger partial charge >= 0.3 is 0 Å². The van der Waals surface area contributed by atoms with Crippen molar-refractivity contribution in [1.82, 2.24) is 10.6 Å². The summed E-state index contributed by atoms with van der Waals surface area (Å²) in [5.74, 6) is 1.60. The van der Waals surface area contributed by atoms with E-state index in [4.69, 9.17) is 0 Å². The van der Waals surface area contributed by atoms with E-state index < -0.39 is 0 Å². The molecule has 1 unspecified atom stereocenters. The van der Waals surface area contributed by atoms with Crippen molar-refractivity contribution in [3.8, 4) is 0 Å². The highest BCUT2D eigenvalue weighted by atomic mass is 32.2. The first-order chi connectivity index (χ1) is 8.74. The van der Waals surface area contributed by atoms with Gasteiger partial charge < -0.3 is 10.6 Å². The lowest BCUT2D eigenvalue weighted by atomic mass is 10.2. The number of hydrogen-bond acceptors (Lipinski definition) is 3. The first-order valence-electron chi connectivity index (χ1n) is 6.37. The third-order valence-electron chi connectivity index (χ3n) is 3.01. The lowest BCUT2D eigenvalue weighted by Crippen LogP contribution is -2.37. The van der Waals surface area contributed by atoms with Crippen molar-refractivity contribution in [2.75, 3.05) is 18.8 Å². The highest BCUT2D eigenvalue weighted by Gasteiger charge is 2.16. The Morgan fingerprint density at radius 3 is 3.17 bits per heavy atom. The summed E-state index contributed by atoms with van der Waals surface area (Å²) in [6, 6.07) is 8.77. The van der Waals surface area contributed by atoms with Crippen LogP contribution in [0.1, 0.15) is 17.5 Å². The number of carbonyl (C=O) groups excluding carboxylic acids is 1. The average Bonchev–Trinajstić information content (AvgIpc) is 2.82. The van der Waals surface area contributed by atoms with Crippen molar-refractivity contribution in [3.05, 3.63) is 35.4 Å². The summed E-state index contributed by atoms with van der Waals surface area (Å²) < 4.78 is 0. The molecule has 0 spiro atoms. The number of amides is 1. The van der Waals surface area contributed by atoms with Crippen LogP contribution >= 0.6 is 11.8 Å². The van der Waals surface area contributed by atoms with Gasteiger partial charge in [-0.05, 0) is 25.5 Å². The second kappa shape index (κ2) is 6.81. The maximum absolute atomic E-state index is 11.7. The van der Waals surface area contributed by atoms with Crippen LogP contribution in [0.4, 0.5) is 0 Å². The Labute approximate surface area is 113 Å².